The Morgan fingerprint density at radius 3 is 2.14 bits per heavy atom. The Morgan fingerprint density at radius 2 is 1.48 bits per heavy atom. The second kappa shape index (κ2) is 8.97. The SMILES string of the molecule is CC.CS.O=c1oc(-c2ccccc2)nc2ccccc12. The van der Waals surface area contributed by atoms with Crippen molar-refractivity contribution < 1.29 is 4.42 Å². The van der Waals surface area contributed by atoms with Gasteiger partial charge in [0.2, 0.25) is 5.89 Å². The molecule has 0 spiro atoms. The fourth-order valence-corrected chi connectivity index (χ4v) is 1.72. The van der Waals surface area contributed by atoms with E-state index >= 15 is 0 Å². The first-order valence-corrected chi connectivity index (χ1v) is 7.64. The number of rotatable bonds is 1. The number of hydrogen-bond donors (Lipinski definition) is 1. The number of nitrogens with zero attached hydrogens (tertiary/aromatic N) is 1. The molecule has 0 amide bonds. The van der Waals surface area contributed by atoms with E-state index in [-0.39, 0.29) is 5.63 Å². The normalized spacial score (nSPS) is 9.14. The third-order valence-corrected chi connectivity index (χ3v) is 2.56. The summed E-state index contributed by atoms with van der Waals surface area (Å²) in [5, 5.41) is 0.507. The lowest BCUT2D eigenvalue weighted by molar-refractivity contribution is 0.518. The van der Waals surface area contributed by atoms with Gasteiger partial charge in [-0.05, 0) is 30.5 Å². The summed E-state index contributed by atoms with van der Waals surface area (Å²) in [6, 6.07) is 16.6. The van der Waals surface area contributed by atoms with E-state index in [4.69, 9.17) is 4.42 Å². The van der Waals surface area contributed by atoms with E-state index in [0.717, 1.165) is 5.56 Å². The molecule has 3 nitrogen and oxygen atoms in total. The minimum atomic E-state index is -0.352. The van der Waals surface area contributed by atoms with Gasteiger partial charge in [-0.1, -0.05) is 44.2 Å². The van der Waals surface area contributed by atoms with Gasteiger partial charge in [0.15, 0.2) is 0 Å². The van der Waals surface area contributed by atoms with Crippen LogP contribution in [0.15, 0.2) is 63.8 Å². The second-order valence-corrected chi connectivity index (χ2v) is 3.69. The number of aromatic nitrogens is 1. The standard InChI is InChI=1S/C14H9NO2.C2H6.CH4S/c16-14-11-8-4-5-9-12(11)15-13(17-14)10-6-2-1-3-7-10;2*1-2/h1-9H;1-2H3;2H,1H3. The molecule has 0 fully saturated rings. The summed E-state index contributed by atoms with van der Waals surface area (Å²) in [4.78, 5) is 16.1. The second-order valence-electron chi connectivity index (χ2n) is 3.69. The largest absolute Gasteiger partial charge is 0.403 e. The lowest BCUT2D eigenvalue weighted by atomic mass is 10.2. The van der Waals surface area contributed by atoms with Gasteiger partial charge < -0.3 is 4.42 Å². The van der Waals surface area contributed by atoms with Crippen LogP contribution in [0.5, 0.6) is 0 Å². The molecule has 0 N–H and O–H groups in total. The molecule has 2 aromatic carbocycles. The van der Waals surface area contributed by atoms with Gasteiger partial charge in [-0.2, -0.15) is 12.6 Å². The van der Waals surface area contributed by atoms with Crippen LogP contribution >= 0.6 is 12.6 Å². The average Bonchev–Trinajstić information content (AvgIpc) is 2.59. The predicted molar refractivity (Wildman–Crippen MR) is 92.0 cm³/mol. The van der Waals surface area contributed by atoms with Crippen LogP contribution in [0.3, 0.4) is 0 Å². The molecule has 21 heavy (non-hydrogen) atoms. The van der Waals surface area contributed by atoms with Crippen LogP contribution in [-0.4, -0.2) is 11.2 Å². The summed E-state index contributed by atoms with van der Waals surface area (Å²) in [6.45, 7) is 4.00. The number of benzene rings is 2. The maximum atomic E-state index is 11.8. The average molecular weight is 301 g/mol. The number of thiol groups is 1. The van der Waals surface area contributed by atoms with E-state index in [1.807, 2.05) is 50.2 Å². The summed E-state index contributed by atoms with van der Waals surface area (Å²) in [5.41, 5.74) is 1.10. The Labute approximate surface area is 130 Å². The van der Waals surface area contributed by atoms with Gasteiger partial charge in [-0.25, -0.2) is 9.78 Å². The molecule has 0 aliphatic heterocycles. The molecule has 0 saturated heterocycles. The smallest absolute Gasteiger partial charge is 0.347 e. The van der Waals surface area contributed by atoms with Crippen LogP contribution in [-0.2, 0) is 0 Å². The molecule has 1 aromatic heterocycles. The molecule has 0 unspecified atom stereocenters. The zero-order valence-corrected chi connectivity index (χ0v) is 13.3. The van der Waals surface area contributed by atoms with E-state index in [9.17, 15) is 4.79 Å². The molecular weight excluding hydrogens is 282 g/mol. The predicted octanol–water partition coefficient (Wildman–Crippen LogP) is 4.43. The zero-order chi connectivity index (χ0) is 15.7. The third kappa shape index (κ3) is 4.20. The van der Waals surface area contributed by atoms with Gasteiger partial charge in [0.1, 0.15) is 0 Å². The lowest BCUT2D eigenvalue weighted by Crippen LogP contribution is -2.02. The van der Waals surface area contributed by atoms with E-state index in [1.54, 1.807) is 24.5 Å². The summed E-state index contributed by atoms with van der Waals surface area (Å²) in [6.07, 6.45) is 1.69. The summed E-state index contributed by atoms with van der Waals surface area (Å²) < 4.78 is 5.21. The highest BCUT2D eigenvalue weighted by Crippen LogP contribution is 2.17. The molecule has 0 radical (unpaired) electrons. The fourth-order valence-electron chi connectivity index (χ4n) is 1.72. The molecule has 0 bridgehead atoms. The van der Waals surface area contributed by atoms with Crippen molar-refractivity contribution in [2.24, 2.45) is 0 Å². The summed E-state index contributed by atoms with van der Waals surface area (Å²) >= 11 is 3.53. The highest BCUT2D eigenvalue weighted by molar-refractivity contribution is 7.79. The number of hydrogen-bond acceptors (Lipinski definition) is 4. The Balaban J connectivity index is 0.000000510. The monoisotopic (exact) mass is 301 g/mol. The lowest BCUT2D eigenvalue weighted by Gasteiger charge is -2.00. The summed E-state index contributed by atoms with van der Waals surface area (Å²) in [7, 11) is 0. The van der Waals surface area contributed by atoms with Gasteiger partial charge in [0, 0.05) is 5.56 Å². The minimum Gasteiger partial charge on any atom is -0.403 e. The van der Waals surface area contributed by atoms with Gasteiger partial charge in [0.25, 0.3) is 0 Å². The zero-order valence-electron chi connectivity index (χ0n) is 12.4. The molecule has 0 saturated carbocycles. The molecule has 0 aliphatic carbocycles. The highest BCUT2D eigenvalue weighted by Gasteiger charge is 2.06. The fraction of sp³-hybridized carbons (Fsp3) is 0.176. The van der Waals surface area contributed by atoms with E-state index in [2.05, 4.69) is 17.6 Å². The molecular formula is C17H19NO2S. The maximum absolute atomic E-state index is 11.8. The Morgan fingerprint density at radius 1 is 0.905 bits per heavy atom. The van der Waals surface area contributed by atoms with E-state index < -0.39 is 0 Å². The van der Waals surface area contributed by atoms with Crippen molar-refractivity contribution >= 4 is 23.5 Å². The molecule has 3 rings (SSSR count). The third-order valence-electron chi connectivity index (χ3n) is 2.56. The Hall–Kier alpha value is -2.07. The van der Waals surface area contributed by atoms with Gasteiger partial charge in [-0.15, -0.1) is 0 Å². The first-order chi connectivity index (χ1) is 10.3. The van der Waals surface area contributed by atoms with E-state index in [1.165, 1.54) is 0 Å². The van der Waals surface area contributed by atoms with Crippen LogP contribution < -0.4 is 5.63 Å². The van der Waals surface area contributed by atoms with Crippen molar-refractivity contribution in [3.63, 3.8) is 0 Å². The topological polar surface area (TPSA) is 43.1 Å². The molecule has 3 aromatic rings. The summed E-state index contributed by atoms with van der Waals surface area (Å²) in [5.74, 6) is 0.356. The Bertz CT molecular complexity index is 723. The highest BCUT2D eigenvalue weighted by atomic mass is 32.1. The van der Waals surface area contributed by atoms with Crippen LogP contribution in [0, 0.1) is 0 Å². The van der Waals surface area contributed by atoms with E-state index in [0.29, 0.717) is 16.8 Å². The minimum absolute atomic E-state index is 0.352. The molecule has 0 aliphatic rings. The van der Waals surface area contributed by atoms with Crippen LogP contribution in [0.4, 0.5) is 0 Å². The quantitative estimate of drug-likeness (QED) is 0.676. The van der Waals surface area contributed by atoms with Crippen LogP contribution in [0.1, 0.15) is 13.8 Å². The molecule has 110 valence electrons. The first-order valence-electron chi connectivity index (χ1n) is 6.74. The molecule has 4 heteroatoms. The van der Waals surface area contributed by atoms with Crippen molar-refractivity contribution in [1.82, 2.24) is 4.98 Å². The number of fused-ring (bicyclic) bond motifs is 1. The Kier molecular flexibility index (Phi) is 7.26. The van der Waals surface area contributed by atoms with Gasteiger partial charge in [0.05, 0.1) is 10.9 Å². The first kappa shape index (κ1) is 17.0. The van der Waals surface area contributed by atoms with Gasteiger partial charge in [-0.3, -0.25) is 0 Å². The van der Waals surface area contributed by atoms with Crippen molar-refractivity contribution in [1.29, 1.82) is 0 Å². The van der Waals surface area contributed by atoms with Crippen molar-refractivity contribution in [2.75, 3.05) is 6.26 Å². The number of para-hydroxylation sites is 1. The van der Waals surface area contributed by atoms with Crippen molar-refractivity contribution in [2.45, 2.75) is 13.8 Å². The van der Waals surface area contributed by atoms with Crippen molar-refractivity contribution in [3.05, 3.63) is 65.0 Å². The maximum Gasteiger partial charge on any atom is 0.347 e. The van der Waals surface area contributed by atoms with Crippen molar-refractivity contribution in [3.8, 4) is 11.5 Å². The molecule has 0 atom stereocenters. The van der Waals surface area contributed by atoms with Gasteiger partial charge >= 0.3 is 5.63 Å². The molecule has 1 heterocycles. The van der Waals surface area contributed by atoms with Crippen LogP contribution in [0.25, 0.3) is 22.4 Å². The van der Waals surface area contributed by atoms with Crippen LogP contribution in [0.2, 0.25) is 0 Å².